The number of halogens is 2. The topological polar surface area (TPSA) is 111 Å². The number of anilines is 2. The minimum Gasteiger partial charge on any atom is -0.512 e. The summed E-state index contributed by atoms with van der Waals surface area (Å²) in [6.07, 6.45) is 3.33. The summed E-state index contributed by atoms with van der Waals surface area (Å²) in [6.45, 7) is 14.2. The standard InChI is InChI=1S/C28H32F2N6O3/c1-8-22(39)33-19-12-35(13-19)27(31-7)20-11-21(30)25(23(17(5)29)18(6)38)34-28(20)36(14-37)26-16(4)9-10-32-24(26)15(2)3/h8-11,14-15,19,38H,1,5,12-13H2,2-4,6-7H3,(H,33,39)/b23-18-,31-27?. The number of amides is 2. The van der Waals surface area contributed by atoms with Crippen LogP contribution in [0.15, 0.2) is 54.1 Å². The van der Waals surface area contributed by atoms with Gasteiger partial charge >= 0.3 is 0 Å². The zero-order valence-electron chi connectivity index (χ0n) is 22.6. The molecule has 1 aliphatic rings. The van der Waals surface area contributed by atoms with Crippen LogP contribution in [0.3, 0.4) is 0 Å². The maximum Gasteiger partial charge on any atom is 0.243 e. The normalized spacial score (nSPS) is 14.5. The van der Waals surface area contributed by atoms with E-state index in [0.29, 0.717) is 42.3 Å². The highest BCUT2D eigenvalue weighted by Crippen LogP contribution is 2.37. The van der Waals surface area contributed by atoms with Crippen LogP contribution in [0.2, 0.25) is 0 Å². The minimum atomic E-state index is -1.09. The molecule has 2 aromatic heterocycles. The number of nitrogens with one attached hydrogen (secondary N) is 1. The Bertz CT molecular complexity index is 1380. The Labute approximate surface area is 226 Å². The summed E-state index contributed by atoms with van der Waals surface area (Å²) in [5.41, 5.74) is 0.844. The number of allylic oxidation sites excluding steroid dienone is 3. The van der Waals surface area contributed by atoms with Gasteiger partial charge in [-0.05, 0) is 43.5 Å². The van der Waals surface area contributed by atoms with Crippen LogP contribution in [0.4, 0.5) is 20.3 Å². The second-order valence-corrected chi connectivity index (χ2v) is 9.41. The number of aliphatic imine (C=N–C) groups is 1. The van der Waals surface area contributed by atoms with Crippen molar-refractivity contribution in [3.05, 3.63) is 77.5 Å². The molecule has 206 valence electrons. The molecular weight excluding hydrogens is 506 g/mol. The number of likely N-dealkylation sites (tertiary alicyclic amines) is 1. The van der Waals surface area contributed by atoms with Crippen LogP contribution < -0.4 is 10.2 Å². The second kappa shape index (κ2) is 12.0. The molecule has 0 aliphatic carbocycles. The van der Waals surface area contributed by atoms with Crippen molar-refractivity contribution in [2.24, 2.45) is 4.99 Å². The highest BCUT2D eigenvalue weighted by Gasteiger charge is 2.34. The molecule has 1 saturated heterocycles. The zero-order valence-corrected chi connectivity index (χ0v) is 22.6. The Morgan fingerprint density at radius 2 is 2.05 bits per heavy atom. The molecular formula is C28H32F2N6O3. The smallest absolute Gasteiger partial charge is 0.243 e. The Hall–Kier alpha value is -4.41. The van der Waals surface area contributed by atoms with E-state index in [1.807, 2.05) is 13.8 Å². The van der Waals surface area contributed by atoms with Crippen molar-refractivity contribution >= 4 is 35.2 Å². The summed E-state index contributed by atoms with van der Waals surface area (Å²) in [4.78, 5) is 40.6. The number of aryl methyl sites for hydroxylation is 1. The van der Waals surface area contributed by atoms with E-state index in [-0.39, 0.29) is 29.2 Å². The number of hydrogen-bond donors (Lipinski definition) is 2. The SMILES string of the molecule is C=CC(=O)NC1CN(C(=NC)c2cc(F)c(/C(C(=C)F)=C(/C)O)nc2N(C=O)c2c(C)ccnc2C(C)C)C1. The molecule has 2 N–H and O–H groups in total. The fraction of sp³-hybridized carbons (Fsp3) is 0.321. The first-order chi connectivity index (χ1) is 18.4. The molecule has 0 atom stereocenters. The van der Waals surface area contributed by atoms with E-state index >= 15 is 4.39 Å². The van der Waals surface area contributed by atoms with Gasteiger partial charge in [0.2, 0.25) is 12.3 Å². The number of aliphatic hydroxyl groups is 1. The van der Waals surface area contributed by atoms with Gasteiger partial charge < -0.3 is 15.3 Å². The Kier molecular flexibility index (Phi) is 8.95. The van der Waals surface area contributed by atoms with Crippen molar-refractivity contribution in [1.82, 2.24) is 20.2 Å². The molecule has 0 spiro atoms. The first-order valence-corrected chi connectivity index (χ1v) is 12.3. The Balaban J connectivity index is 2.27. The molecule has 2 amide bonds. The van der Waals surface area contributed by atoms with E-state index < -0.39 is 28.7 Å². The molecule has 0 bridgehead atoms. The fourth-order valence-electron chi connectivity index (χ4n) is 4.45. The molecule has 9 nitrogen and oxygen atoms in total. The van der Waals surface area contributed by atoms with E-state index in [2.05, 4.69) is 33.4 Å². The predicted molar refractivity (Wildman–Crippen MR) is 147 cm³/mol. The molecule has 1 fully saturated rings. The molecule has 0 saturated carbocycles. The molecule has 3 rings (SSSR count). The van der Waals surface area contributed by atoms with Gasteiger partial charge in [-0.2, -0.15) is 0 Å². The molecule has 0 aromatic carbocycles. The van der Waals surface area contributed by atoms with Gasteiger partial charge in [0, 0.05) is 26.3 Å². The van der Waals surface area contributed by atoms with Crippen molar-refractivity contribution < 1.29 is 23.5 Å². The average molecular weight is 539 g/mol. The van der Waals surface area contributed by atoms with Crippen LogP contribution in [0, 0.1) is 12.7 Å². The summed E-state index contributed by atoms with van der Waals surface area (Å²) in [6, 6.07) is 2.63. The van der Waals surface area contributed by atoms with Crippen LogP contribution in [0.1, 0.15) is 49.2 Å². The van der Waals surface area contributed by atoms with Gasteiger partial charge in [-0.3, -0.25) is 24.5 Å². The summed E-state index contributed by atoms with van der Waals surface area (Å²) >= 11 is 0. The largest absolute Gasteiger partial charge is 0.512 e. The first kappa shape index (κ1) is 29.2. The van der Waals surface area contributed by atoms with E-state index in [0.717, 1.165) is 6.07 Å². The van der Waals surface area contributed by atoms with E-state index in [9.17, 15) is 19.1 Å². The van der Waals surface area contributed by atoms with Crippen molar-refractivity contribution in [3.63, 3.8) is 0 Å². The first-order valence-electron chi connectivity index (χ1n) is 12.3. The van der Waals surface area contributed by atoms with Crippen LogP contribution in [0.5, 0.6) is 0 Å². The molecule has 39 heavy (non-hydrogen) atoms. The predicted octanol–water partition coefficient (Wildman–Crippen LogP) is 4.48. The third kappa shape index (κ3) is 5.87. The lowest BCUT2D eigenvalue weighted by Gasteiger charge is -2.42. The monoisotopic (exact) mass is 538 g/mol. The molecule has 3 heterocycles. The third-order valence-corrected chi connectivity index (χ3v) is 6.27. The van der Waals surface area contributed by atoms with Gasteiger partial charge in [0.05, 0.1) is 28.6 Å². The molecule has 1 aliphatic heterocycles. The fourth-order valence-corrected chi connectivity index (χ4v) is 4.45. The molecule has 0 unspecified atom stereocenters. The van der Waals surface area contributed by atoms with E-state index in [1.165, 1.54) is 24.9 Å². The number of carbonyl (C=O) groups is 2. The average Bonchev–Trinajstić information content (AvgIpc) is 2.85. The van der Waals surface area contributed by atoms with Gasteiger partial charge in [-0.25, -0.2) is 13.8 Å². The molecule has 0 radical (unpaired) electrons. The lowest BCUT2D eigenvalue weighted by Crippen LogP contribution is -2.61. The van der Waals surface area contributed by atoms with Crippen molar-refractivity contribution in [2.75, 3.05) is 25.0 Å². The van der Waals surface area contributed by atoms with Crippen LogP contribution in [-0.4, -0.2) is 64.3 Å². The van der Waals surface area contributed by atoms with Crippen LogP contribution in [-0.2, 0) is 9.59 Å². The zero-order chi connectivity index (χ0) is 29.0. The van der Waals surface area contributed by atoms with Gasteiger partial charge in [-0.15, -0.1) is 0 Å². The summed E-state index contributed by atoms with van der Waals surface area (Å²) < 4.78 is 29.9. The van der Waals surface area contributed by atoms with Crippen molar-refractivity contribution in [3.8, 4) is 0 Å². The van der Waals surface area contributed by atoms with Gasteiger partial charge in [-0.1, -0.05) is 27.0 Å². The molecule has 11 heteroatoms. The Morgan fingerprint density at radius 1 is 1.38 bits per heavy atom. The molecule has 2 aromatic rings. The number of hydrogen-bond acceptors (Lipinski definition) is 6. The summed E-state index contributed by atoms with van der Waals surface area (Å²) in [7, 11) is 1.51. The van der Waals surface area contributed by atoms with Gasteiger partial charge in [0.15, 0.2) is 11.6 Å². The Morgan fingerprint density at radius 3 is 2.56 bits per heavy atom. The number of nitrogens with zero attached hydrogens (tertiary/aromatic N) is 5. The quantitative estimate of drug-likeness (QED) is 0.122. The van der Waals surface area contributed by atoms with Gasteiger partial charge in [0.1, 0.15) is 23.1 Å². The number of carbonyl (C=O) groups excluding carboxylic acids is 2. The third-order valence-electron chi connectivity index (χ3n) is 6.27. The van der Waals surface area contributed by atoms with Crippen LogP contribution in [0.25, 0.3) is 5.57 Å². The number of aromatic nitrogens is 2. The van der Waals surface area contributed by atoms with Crippen LogP contribution >= 0.6 is 0 Å². The van der Waals surface area contributed by atoms with Crippen molar-refractivity contribution in [1.29, 1.82) is 0 Å². The number of rotatable bonds is 9. The number of aliphatic hydroxyl groups excluding tert-OH is 1. The van der Waals surface area contributed by atoms with E-state index in [4.69, 9.17) is 0 Å². The highest BCUT2D eigenvalue weighted by atomic mass is 19.1. The second-order valence-electron chi connectivity index (χ2n) is 9.41. The number of pyridine rings is 2. The highest BCUT2D eigenvalue weighted by molar-refractivity contribution is 6.07. The van der Waals surface area contributed by atoms with Gasteiger partial charge in [0.25, 0.3) is 0 Å². The maximum absolute atomic E-state index is 15.6. The minimum absolute atomic E-state index is 0.0430. The lowest BCUT2D eigenvalue weighted by molar-refractivity contribution is -0.117. The lowest BCUT2D eigenvalue weighted by atomic mass is 10.0. The summed E-state index contributed by atoms with van der Waals surface area (Å²) in [5, 5.41) is 12.9. The van der Waals surface area contributed by atoms with Crippen molar-refractivity contribution in [2.45, 2.75) is 39.7 Å². The maximum atomic E-state index is 15.6. The van der Waals surface area contributed by atoms with E-state index in [1.54, 1.807) is 24.1 Å². The number of amidine groups is 1. The summed E-state index contributed by atoms with van der Waals surface area (Å²) in [5.74, 6) is -2.72.